The Morgan fingerprint density at radius 1 is 1.14 bits per heavy atom. The molecule has 0 saturated carbocycles. The van der Waals surface area contributed by atoms with Crippen LogP contribution in [0.1, 0.15) is 11.4 Å². The lowest BCUT2D eigenvalue weighted by molar-refractivity contribution is 0.573. The number of aryl methyl sites for hydroxylation is 1. The summed E-state index contributed by atoms with van der Waals surface area (Å²) >= 11 is 0. The van der Waals surface area contributed by atoms with E-state index in [9.17, 15) is 8.42 Å². The number of H-pyrrole nitrogens is 1. The van der Waals surface area contributed by atoms with Crippen molar-refractivity contribution < 1.29 is 8.42 Å². The van der Waals surface area contributed by atoms with E-state index >= 15 is 0 Å². The summed E-state index contributed by atoms with van der Waals surface area (Å²) in [6.07, 6.45) is 3.84. The smallest absolute Gasteiger partial charge is 0.266 e. The van der Waals surface area contributed by atoms with Crippen molar-refractivity contribution in [2.24, 2.45) is 0 Å². The summed E-state index contributed by atoms with van der Waals surface area (Å²) in [4.78, 5) is 4.09. The summed E-state index contributed by atoms with van der Waals surface area (Å²) in [5.74, 6) is 0.445. The lowest BCUT2D eigenvalue weighted by atomic mass is 10.1. The quantitative estimate of drug-likeness (QED) is 0.734. The topological polar surface area (TPSA) is 93.5 Å². The first-order valence-corrected chi connectivity index (χ1v) is 8.44. The van der Waals surface area contributed by atoms with Gasteiger partial charge in [-0.05, 0) is 11.6 Å². The fraction of sp³-hybridized carbons (Fsp3) is 0.214. The zero-order valence-electron chi connectivity index (χ0n) is 11.8. The average molecular weight is 317 g/mol. The first-order chi connectivity index (χ1) is 10.6. The number of hydrogen-bond acceptors (Lipinski definition) is 5. The Balaban J connectivity index is 1.69. The highest BCUT2D eigenvalue weighted by molar-refractivity contribution is 7.91. The van der Waals surface area contributed by atoms with E-state index in [2.05, 4.69) is 20.3 Å². The lowest BCUT2D eigenvalue weighted by Gasteiger charge is -2.00. The summed E-state index contributed by atoms with van der Waals surface area (Å²) in [7, 11) is -3.52. The van der Waals surface area contributed by atoms with Gasteiger partial charge in [-0.2, -0.15) is 5.10 Å². The van der Waals surface area contributed by atoms with E-state index < -0.39 is 9.84 Å². The van der Waals surface area contributed by atoms with Crippen LogP contribution in [0.15, 0.2) is 53.9 Å². The molecule has 3 aromatic rings. The summed E-state index contributed by atoms with van der Waals surface area (Å²) in [5, 5.41) is 10.3. The van der Waals surface area contributed by atoms with Gasteiger partial charge in [0.25, 0.3) is 5.16 Å². The summed E-state index contributed by atoms with van der Waals surface area (Å²) in [6.45, 7) is 0.276. The van der Waals surface area contributed by atoms with Crippen LogP contribution in [-0.2, 0) is 22.8 Å². The molecule has 0 aliphatic rings. The maximum Gasteiger partial charge on any atom is 0.266 e. The number of aromatic nitrogens is 5. The molecule has 1 aromatic carbocycles. The van der Waals surface area contributed by atoms with Gasteiger partial charge in [0.15, 0.2) is 0 Å². The van der Waals surface area contributed by atoms with Gasteiger partial charge in [-0.1, -0.05) is 30.3 Å². The van der Waals surface area contributed by atoms with Gasteiger partial charge >= 0.3 is 0 Å². The molecule has 0 spiro atoms. The number of nitrogens with zero attached hydrogens (tertiary/aromatic N) is 4. The van der Waals surface area contributed by atoms with Crippen molar-refractivity contribution in [3.63, 3.8) is 0 Å². The van der Waals surface area contributed by atoms with Crippen molar-refractivity contribution in [1.29, 1.82) is 0 Å². The molecule has 1 N–H and O–H groups in total. The third-order valence-corrected chi connectivity index (χ3v) is 4.61. The van der Waals surface area contributed by atoms with Gasteiger partial charge in [0.05, 0.1) is 12.3 Å². The Morgan fingerprint density at radius 3 is 2.68 bits per heavy atom. The Morgan fingerprint density at radius 2 is 1.95 bits per heavy atom. The summed E-state index contributed by atoms with van der Waals surface area (Å²) in [5.41, 5.74) is 1.04. The van der Waals surface area contributed by atoms with Crippen molar-refractivity contribution >= 4 is 9.84 Å². The molecule has 0 aliphatic heterocycles. The van der Waals surface area contributed by atoms with Crippen LogP contribution >= 0.6 is 0 Å². The van der Waals surface area contributed by atoms with E-state index in [1.54, 1.807) is 23.1 Å². The van der Waals surface area contributed by atoms with E-state index in [1.165, 1.54) is 0 Å². The maximum absolute atomic E-state index is 12.2. The van der Waals surface area contributed by atoms with Crippen molar-refractivity contribution in [3.05, 3.63) is 60.2 Å². The number of aromatic amines is 1. The van der Waals surface area contributed by atoms with E-state index in [1.807, 2.05) is 30.3 Å². The monoisotopic (exact) mass is 317 g/mol. The van der Waals surface area contributed by atoms with Crippen LogP contribution in [0.25, 0.3) is 0 Å². The van der Waals surface area contributed by atoms with Crippen LogP contribution in [0.2, 0.25) is 0 Å². The molecular formula is C14H15N5O2S. The Hall–Kier alpha value is -2.48. The van der Waals surface area contributed by atoms with Crippen molar-refractivity contribution in [2.75, 3.05) is 5.75 Å². The SMILES string of the molecule is O=S(=O)(CCn1cccn1)c1n[nH]c(Cc2ccccc2)n1. The van der Waals surface area contributed by atoms with Gasteiger partial charge in [0.1, 0.15) is 5.82 Å². The minimum atomic E-state index is -3.52. The fourth-order valence-corrected chi connectivity index (χ4v) is 3.07. The second kappa shape index (κ2) is 6.10. The van der Waals surface area contributed by atoms with Crippen molar-refractivity contribution in [2.45, 2.75) is 18.1 Å². The van der Waals surface area contributed by atoms with Gasteiger partial charge in [0, 0.05) is 18.8 Å². The Bertz CT molecular complexity index is 825. The zero-order chi connectivity index (χ0) is 15.4. The van der Waals surface area contributed by atoms with Crippen LogP contribution in [-0.4, -0.2) is 39.1 Å². The zero-order valence-corrected chi connectivity index (χ0v) is 12.6. The molecule has 3 rings (SSSR count). The van der Waals surface area contributed by atoms with Gasteiger partial charge in [-0.25, -0.2) is 13.4 Å². The van der Waals surface area contributed by atoms with Crippen LogP contribution in [0.4, 0.5) is 0 Å². The van der Waals surface area contributed by atoms with E-state index in [-0.39, 0.29) is 17.5 Å². The van der Waals surface area contributed by atoms with Gasteiger partial charge in [0.2, 0.25) is 9.84 Å². The first kappa shape index (κ1) is 14.5. The second-order valence-electron chi connectivity index (χ2n) is 4.82. The molecule has 0 amide bonds. The largest absolute Gasteiger partial charge is 0.272 e. The van der Waals surface area contributed by atoms with Crippen LogP contribution in [0.5, 0.6) is 0 Å². The second-order valence-corrected chi connectivity index (χ2v) is 6.82. The molecule has 0 saturated heterocycles. The predicted octanol–water partition coefficient (Wildman–Crippen LogP) is 1.07. The molecule has 22 heavy (non-hydrogen) atoms. The minimum Gasteiger partial charge on any atom is -0.272 e. The third-order valence-electron chi connectivity index (χ3n) is 3.15. The molecule has 0 aliphatic carbocycles. The molecule has 2 heterocycles. The lowest BCUT2D eigenvalue weighted by Crippen LogP contribution is -2.15. The normalized spacial score (nSPS) is 11.6. The summed E-state index contributed by atoms with van der Waals surface area (Å²) in [6, 6.07) is 11.4. The van der Waals surface area contributed by atoms with Crippen LogP contribution < -0.4 is 0 Å². The van der Waals surface area contributed by atoms with Crippen LogP contribution in [0.3, 0.4) is 0 Å². The van der Waals surface area contributed by atoms with Crippen molar-refractivity contribution in [1.82, 2.24) is 25.0 Å². The molecule has 7 nitrogen and oxygen atoms in total. The number of rotatable bonds is 6. The van der Waals surface area contributed by atoms with Gasteiger partial charge < -0.3 is 0 Å². The molecule has 0 fully saturated rings. The van der Waals surface area contributed by atoms with E-state index in [4.69, 9.17) is 0 Å². The standard InChI is InChI=1S/C14H15N5O2S/c20-22(21,10-9-19-8-4-7-15-19)14-16-13(17-18-14)11-12-5-2-1-3-6-12/h1-8H,9-11H2,(H,16,17,18). The summed E-state index contributed by atoms with van der Waals surface area (Å²) < 4.78 is 26.0. The highest BCUT2D eigenvalue weighted by atomic mass is 32.2. The number of benzene rings is 1. The molecule has 114 valence electrons. The average Bonchev–Trinajstić information content (AvgIpc) is 3.18. The van der Waals surface area contributed by atoms with E-state index in [0.717, 1.165) is 5.56 Å². The molecule has 2 aromatic heterocycles. The molecule has 8 heteroatoms. The van der Waals surface area contributed by atoms with E-state index in [0.29, 0.717) is 12.2 Å². The molecule has 0 radical (unpaired) electrons. The molecular weight excluding hydrogens is 302 g/mol. The Kier molecular flexibility index (Phi) is 4.01. The molecule has 0 bridgehead atoms. The first-order valence-electron chi connectivity index (χ1n) is 6.79. The molecule has 0 unspecified atom stereocenters. The third kappa shape index (κ3) is 3.40. The number of hydrogen-bond donors (Lipinski definition) is 1. The van der Waals surface area contributed by atoms with Gasteiger partial charge in [-0.15, -0.1) is 5.10 Å². The Labute approximate surface area is 127 Å². The van der Waals surface area contributed by atoms with Gasteiger partial charge in [-0.3, -0.25) is 9.78 Å². The van der Waals surface area contributed by atoms with Crippen molar-refractivity contribution in [3.8, 4) is 0 Å². The maximum atomic E-state index is 12.2. The minimum absolute atomic E-state index is 0.0860. The van der Waals surface area contributed by atoms with Crippen LogP contribution in [0, 0.1) is 0 Å². The highest BCUT2D eigenvalue weighted by Crippen LogP contribution is 2.09. The number of sulfone groups is 1. The highest BCUT2D eigenvalue weighted by Gasteiger charge is 2.20. The predicted molar refractivity (Wildman–Crippen MR) is 79.9 cm³/mol. The fourth-order valence-electron chi connectivity index (χ4n) is 2.02. The number of nitrogens with one attached hydrogen (secondary N) is 1. The molecule has 0 atom stereocenters.